The Hall–Kier alpha value is 1.68. The molecule has 6 heavy (non-hydrogen) atoms. The molecular weight excluding hydrogens is 182 g/mol. The van der Waals surface area contributed by atoms with Crippen molar-refractivity contribution < 1.29 is 17.5 Å². The molecule has 0 aliphatic carbocycles. The van der Waals surface area contributed by atoms with Gasteiger partial charge in [-0.2, -0.15) is 8.42 Å². The zero-order valence-corrected chi connectivity index (χ0v) is 2.94. The molecule has 4 nitrogen and oxygen atoms in total. The zero-order valence-electron chi connectivity index (χ0n) is 2.12. The first-order chi connectivity index (χ1) is 2.00. The monoisotopic (exact) mass is 184 g/mol. The van der Waals surface area contributed by atoms with Crippen LogP contribution in [0.2, 0.25) is 0 Å². The topological polar surface area (TPSA) is 74.6 Å². The molecule has 0 aromatic heterocycles. The molecule has 0 spiro atoms. The predicted molar refractivity (Wildman–Crippen MR) is 21.3 cm³/mol. The maximum atomic E-state index is 8.74. The van der Waals surface area contributed by atoms with Crippen molar-refractivity contribution in [3.05, 3.63) is 0 Å². The first-order valence-corrected chi connectivity index (χ1v) is 2.10. The second-order valence-electron chi connectivity index (χ2n) is 0.448. The Labute approximate surface area is 84.3 Å². The van der Waals surface area contributed by atoms with Crippen molar-refractivity contribution in [3.63, 3.8) is 0 Å². The Morgan fingerprint density at radius 3 is 1.17 bits per heavy atom. The Kier molecular flexibility index (Phi) is 6.46. The van der Waals surface area contributed by atoms with Crippen LogP contribution >= 0.6 is 0 Å². The Morgan fingerprint density at radius 1 is 1.17 bits per heavy atom. The van der Waals surface area contributed by atoms with Gasteiger partial charge in [0.15, 0.2) is 0 Å². The third-order valence-corrected chi connectivity index (χ3v) is 0. The van der Waals surface area contributed by atoms with E-state index in [9.17, 15) is 0 Å². The Bertz CT molecular complexity index is 90.7. The molecule has 0 fully saturated rings. The van der Waals surface area contributed by atoms with Gasteiger partial charge in [-0.3, -0.25) is 9.11 Å². The van der Waals surface area contributed by atoms with E-state index in [1.807, 2.05) is 0 Å². The SMILES string of the molecule is O=S(=O)(O)O.[RbH]. The fourth-order valence-corrected chi connectivity index (χ4v) is 0. The van der Waals surface area contributed by atoms with Gasteiger partial charge in [0.1, 0.15) is 0 Å². The van der Waals surface area contributed by atoms with E-state index in [1.54, 1.807) is 0 Å². The van der Waals surface area contributed by atoms with Crippen LogP contribution in [-0.4, -0.2) is 75.7 Å². The summed E-state index contributed by atoms with van der Waals surface area (Å²) in [6.07, 6.45) is 0. The first kappa shape index (κ1) is 10.6. The average Bonchev–Trinajstić information content (AvgIpc) is 0.722. The Morgan fingerprint density at radius 2 is 1.17 bits per heavy atom. The van der Waals surface area contributed by atoms with E-state index in [0.29, 0.717) is 0 Å². The molecule has 0 bridgehead atoms. The molecule has 0 aromatic rings. The Balaban J connectivity index is 0. The summed E-state index contributed by atoms with van der Waals surface area (Å²) < 4.78 is 31.6. The van der Waals surface area contributed by atoms with Gasteiger partial charge >= 0.3 is 68.6 Å². The molecule has 0 rings (SSSR count). The summed E-state index contributed by atoms with van der Waals surface area (Å²) in [4.78, 5) is 0. The van der Waals surface area contributed by atoms with Crippen LogP contribution in [0, 0.1) is 0 Å². The molecule has 0 aliphatic heterocycles. The van der Waals surface area contributed by atoms with E-state index >= 15 is 0 Å². The quantitative estimate of drug-likeness (QED) is 0.459. The summed E-state index contributed by atoms with van der Waals surface area (Å²) in [6, 6.07) is 0. The predicted octanol–water partition coefficient (Wildman–Crippen LogP) is -1.30. The van der Waals surface area contributed by atoms with Crippen LogP contribution in [0.15, 0.2) is 0 Å². The standard InChI is InChI=1S/H2O4S.Rb.H/c1-5(2,3)4;;/h(H2,1,2,3,4);;. The van der Waals surface area contributed by atoms with Crippen molar-refractivity contribution in [1.82, 2.24) is 0 Å². The van der Waals surface area contributed by atoms with Gasteiger partial charge < -0.3 is 0 Å². The summed E-state index contributed by atoms with van der Waals surface area (Å²) in [7, 11) is -4.67. The molecule has 0 heterocycles. The maximum absolute atomic E-state index is 8.74. The summed E-state index contributed by atoms with van der Waals surface area (Å²) >= 11 is 0. The van der Waals surface area contributed by atoms with Crippen molar-refractivity contribution in [3.8, 4) is 0 Å². The molecule has 0 radical (unpaired) electrons. The number of hydrogen-bond donors (Lipinski definition) is 2. The van der Waals surface area contributed by atoms with Crippen LogP contribution in [0.5, 0.6) is 0 Å². The first-order valence-electron chi connectivity index (χ1n) is 0.698. The van der Waals surface area contributed by atoms with Gasteiger partial charge in [-0.1, -0.05) is 0 Å². The molecule has 0 aromatic carbocycles. The third kappa shape index (κ3) is 44.2. The second kappa shape index (κ2) is 3.65. The molecule has 0 unspecified atom stereocenters. The third-order valence-electron chi connectivity index (χ3n) is 0. The van der Waals surface area contributed by atoms with Crippen molar-refractivity contribution in [2.24, 2.45) is 0 Å². The van der Waals surface area contributed by atoms with E-state index < -0.39 is 10.4 Å². The van der Waals surface area contributed by atoms with Crippen LogP contribution in [0.4, 0.5) is 0 Å². The molecule has 34 valence electrons. The van der Waals surface area contributed by atoms with E-state index in [4.69, 9.17) is 17.5 Å². The molecule has 0 aliphatic rings. The second-order valence-corrected chi connectivity index (χ2v) is 1.34. The summed E-state index contributed by atoms with van der Waals surface area (Å²) in [6.45, 7) is 0. The van der Waals surface area contributed by atoms with Gasteiger partial charge in [-0.15, -0.1) is 0 Å². The molecule has 0 saturated carbocycles. The van der Waals surface area contributed by atoms with E-state index in [1.165, 1.54) is 0 Å². The normalized spacial score (nSPS) is 9.67. The number of hydrogen-bond acceptors (Lipinski definition) is 2. The van der Waals surface area contributed by atoms with Crippen LogP contribution in [-0.2, 0) is 10.4 Å². The molecule has 2 N–H and O–H groups in total. The molecule has 0 saturated heterocycles. The van der Waals surface area contributed by atoms with E-state index in [2.05, 4.69) is 0 Å². The summed E-state index contributed by atoms with van der Waals surface area (Å²) in [5.74, 6) is 0. The van der Waals surface area contributed by atoms with Crippen molar-refractivity contribution in [2.75, 3.05) is 0 Å². The average molecular weight is 185 g/mol. The zero-order chi connectivity index (χ0) is 4.50. The minimum atomic E-state index is -4.67. The van der Waals surface area contributed by atoms with Crippen molar-refractivity contribution >= 4 is 68.6 Å². The van der Waals surface area contributed by atoms with Gasteiger partial charge in [0.05, 0.1) is 0 Å². The van der Waals surface area contributed by atoms with Crippen molar-refractivity contribution in [1.29, 1.82) is 0 Å². The molecule has 6 heteroatoms. The van der Waals surface area contributed by atoms with Crippen LogP contribution in [0.3, 0.4) is 0 Å². The van der Waals surface area contributed by atoms with Gasteiger partial charge in [0.25, 0.3) is 0 Å². The van der Waals surface area contributed by atoms with Gasteiger partial charge in [-0.05, 0) is 0 Å². The van der Waals surface area contributed by atoms with Gasteiger partial charge in [0.2, 0.25) is 0 Å². The summed E-state index contributed by atoms with van der Waals surface area (Å²) in [5.41, 5.74) is 0. The van der Waals surface area contributed by atoms with E-state index in [0.717, 1.165) is 0 Å². The van der Waals surface area contributed by atoms with Crippen LogP contribution in [0.25, 0.3) is 0 Å². The fraction of sp³-hybridized carbons (Fsp3) is 0. The van der Waals surface area contributed by atoms with Gasteiger partial charge in [-0.25, -0.2) is 0 Å². The minimum absolute atomic E-state index is 0. The van der Waals surface area contributed by atoms with Crippen molar-refractivity contribution in [2.45, 2.75) is 0 Å². The van der Waals surface area contributed by atoms with Crippen LogP contribution in [0.1, 0.15) is 0 Å². The molecule has 0 amide bonds. The summed E-state index contributed by atoms with van der Waals surface area (Å²) in [5, 5.41) is 0. The van der Waals surface area contributed by atoms with E-state index in [-0.39, 0.29) is 58.2 Å². The van der Waals surface area contributed by atoms with Gasteiger partial charge in [0, 0.05) is 0 Å². The number of rotatable bonds is 0. The fourth-order valence-electron chi connectivity index (χ4n) is 0. The molecular formula is H3O4RbS. The van der Waals surface area contributed by atoms with Crippen LogP contribution < -0.4 is 0 Å². The molecule has 0 atom stereocenters.